The van der Waals surface area contributed by atoms with Gasteiger partial charge in [0.15, 0.2) is 8.03 Å². The summed E-state index contributed by atoms with van der Waals surface area (Å²) in [6, 6.07) is 0. The summed E-state index contributed by atoms with van der Waals surface area (Å²) in [5, 5.41) is 12.5. The highest BCUT2D eigenvalue weighted by Gasteiger charge is 2.29. The largest absolute Gasteiger partial charge is 0.444 e. The molecule has 130 valence electrons. The molecular formula is C15H30NO5P. The summed E-state index contributed by atoms with van der Waals surface area (Å²) >= 11 is 0. The first-order chi connectivity index (χ1) is 10.2. The van der Waals surface area contributed by atoms with Gasteiger partial charge in [0.25, 0.3) is 0 Å². The second-order valence-corrected chi connectivity index (χ2v) is 8.53. The molecule has 3 N–H and O–H groups in total. The number of amides is 1. The molecule has 0 saturated heterocycles. The number of nitrogens with one attached hydrogen (secondary N) is 1. The normalized spacial score (nSPS) is 21.0. The zero-order valence-corrected chi connectivity index (χ0v) is 14.8. The van der Waals surface area contributed by atoms with Crippen LogP contribution in [0.25, 0.3) is 0 Å². The fourth-order valence-corrected chi connectivity index (χ4v) is 4.13. The lowest BCUT2D eigenvalue weighted by Crippen LogP contribution is -2.38. The van der Waals surface area contributed by atoms with Gasteiger partial charge in [-0.05, 0) is 46.0 Å². The van der Waals surface area contributed by atoms with E-state index in [2.05, 4.69) is 5.32 Å². The number of aliphatic hydroxyl groups is 1. The van der Waals surface area contributed by atoms with Gasteiger partial charge in [0, 0.05) is 12.2 Å². The number of carbonyl (C=O) groups excluding carboxylic acids is 1. The molecular weight excluding hydrogens is 305 g/mol. The Balaban J connectivity index is 2.41. The van der Waals surface area contributed by atoms with E-state index in [-0.39, 0.29) is 24.5 Å². The summed E-state index contributed by atoms with van der Waals surface area (Å²) in [6.45, 7) is 5.33. The summed E-state index contributed by atoms with van der Waals surface area (Å²) < 4.78 is 16.7. The molecule has 1 amide bonds. The predicted molar refractivity (Wildman–Crippen MR) is 86.4 cm³/mol. The topological polar surface area (TPSA) is 95.9 Å². The second kappa shape index (κ2) is 8.90. The Morgan fingerprint density at radius 1 is 1.32 bits per heavy atom. The molecule has 1 rings (SSSR count). The highest BCUT2D eigenvalue weighted by Crippen LogP contribution is 2.40. The van der Waals surface area contributed by atoms with E-state index < -0.39 is 25.8 Å². The molecule has 1 fully saturated rings. The van der Waals surface area contributed by atoms with Gasteiger partial charge in [0.1, 0.15) is 5.60 Å². The third-order valence-electron chi connectivity index (χ3n) is 3.94. The van der Waals surface area contributed by atoms with Crippen LogP contribution in [0, 0.1) is 5.92 Å². The van der Waals surface area contributed by atoms with Crippen molar-refractivity contribution in [2.75, 3.05) is 6.54 Å². The van der Waals surface area contributed by atoms with Crippen LogP contribution >= 0.6 is 8.03 Å². The highest BCUT2D eigenvalue weighted by molar-refractivity contribution is 7.38. The number of hydrogen-bond acceptors (Lipinski definition) is 4. The first-order valence-corrected chi connectivity index (χ1v) is 9.50. The Hall–Kier alpha value is -0.580. The Morgan fingerprint density at radius 2 is 1.91 bits per heavy atom. The van der Waals surface area contributed by atoms with E-state index in [0.29, 0.717) is 0 Å². The minimum Gasteiger partial charge on any atom is -0.444 e. The molecule has 0 spiro atoms. The van der Waals surface area contributed by atoms with Gasteiger partial charge in [-0.25, -0.2) is 4.79 Å². The molecule has 0 heterocycles. The van der Waals surface area contributed by atoms with E-state index in [4.69, 9.17) is 4.74 Å². The van der Waals surface area contributed by atoms with E-state index in [9.17, 15) is 19.4 Å². The number of hydrogen-bond donors (Lipinski definition) is 3. The molecule has 1 saturated carbocycles. The molecule has 0 radical (unpaired) electrons. The minimum absolute atomic E-state index is 0.0350. The molecule has 0 aliphatic heterocycles. The maximum absolute atomic E-state index is 11.6. The van der Waals surface area contributed by atoms with Crippen LogP contribution in [0.15, 0.2) is 0 Å². The van der Waals surface area contributed by atoms with Crippen LogP contribution in [0.5, 0.6) is 0 Å². The van der Waals surface area contributed by atoms with Gasteiger partial charge in [0.2, 0.25) is 0 Å². The van der Waals surface area contributed by atoms with Crippen molar-refractivity contribution < 1.29 is 24.1 Å². The maximum Gasteiger partial charge on any atom is 0.407 e. The molecule has 0 aromatic rings. The van der Waals surface area contributed by atoms with Crippen LogP contribution in [-0.4, -0.2) is 40.0 Å². The van der Waals surface area contributed by atoms with E-state index in [1.807, 2.05) is 0 Å². The molecule has 22 heavy (non-hydrogen) atoms. The van der Waals surface area contributed by atoms with Crippen LogP contribution in [0.1, 0.15) is 59.3 Å². The first-order valence-electron chi connectivity index (χ1n) is 8.07. The lowest BCUT2D eigenvalue weighted by molar-refractivity contribution is 0.0485. The fourth-order valence-electron chi connectivity index (χ4n) is 2.92. The SMILES string of the molecule is CC(C)(C)OC(=O)NC[C@H](O)CC(C1CCCCC1)[PH](=O)O. The average molecular weight is 335 g/mol. The number of aliphatic hydroxyl groups excluding tert-OH is 1. The van der Waals surface area contributed by atoms with Crippen LogP contribution < -0.4 is 5.32 Å². The fraction of sp³-hybridized carbons (Fsp3) is 0.933. The van der Waals surface area contributed by atoms with Crippen LogP contribution in [-0.2, 0) is 9.30 Å². The predicted octanol–water partition coefficient (Wildman–Crippen LogP) is 2.68. The third-order valence-corrected chi connectivity index (χ3v) is 5.28. The zero-order valence-electron chi connectivity index (χ0n) is 13.8. The smallest absolute Gasteiger partial charge is 0.407 e. The number of alkyl carbamates (subject to hydrolysis) is 1. The average Bonchev–Trinajstić information content (AvgIpc) is 2.41. The number of carbonyl (C=O) groups is 1. The molecule has 0 bridgehead atoms. The summed E-state index contributed by atoms with van der Waals surface area (Å²) in [5.41, 5.74) is -0.948. The van der Waals surface area contributed by atoms with Crippen molar-refractivity contribution in [1.82, 2.24) is 5.32 Å². The van der Waals surface area contributed by atoms with Crippen molar-refractivity contribution in [3.8, 4) is 0 Å². The summed E-state index contributed by atoms with van der Waals surface area (Å²) in [5.74, 6) is 0.210. The quantitative estimate of drug-likeness (QED) is 0.649. The number of ether oxygens (including phenoxy) is 1. The Kier molecular flexibility index (Phi) is 7.87. The maximum atomic E-state index is 11.6. The Labute approximate surface area is 133 Å². The van der Waals surface area contributed by atoms with E-state index in [0.717, 1.165) is 25.7 Å². The summed E-state index contributed by atoms with van der Waals surface area (Å²) in [7, 11) is -2.69. The van der Waals surface area contributed by atoms with Crippen molar-refractivity contribution in [1.29, 1.82) is 0 Å². The van der Waals surface area contributed by atoms with Gasteiger partial charge in [0.05, 0.1) is 6.10 Å². The summed E-state index contributed by atoms with van der Waals surface area (Å²) in [4.78, 5) is 21.1. The van der Waals surface area contributed by atoms with Crippen LogP contribution in [0.3, 0.4) is 0 Å². The van der Waals surface area contributed by atoms with E-state index in [1.54, 1.807) is 20.8 Å². The molecule has 1 aliphatic carbocycles. The lowest BCUT2D eigenvalue weighted by Gasteiger charge is -2.29. The molecule has 0 aromatic heterocycles. The highest BCUT2D eigenvalue weighted by atomic mass is 31.1. The Bertz CT molecular complexity index is 377. The Morgan fingerprint density at radius 3 is 2.41 bits per heavy atom. The molecule has 6 nitrogen and oxygen atoms in total. The molecule has 7 heteroatoms. The van der Waals surface area contributed by atoms with E-state index >= 15 is 0 Å². The summed E-state index contributed by atoms with van der Waals surface area (Å²) in [6.07, 6.45) is 4.08. The lowest BCUT2D eigenvalue weighted by atomic mass is 9.85. The van der Waals surface area contributed by atoms with Gasteiger partial charge in [-0.2, -0.15) is 0 Å². The van der Waals surface area contributed by atoms with Crippen molar-refractivity contribution >= 4 is 14.1 Å². The van der Waals surface area contributed by atoms with Crippen molar-refractivity contribution in [3.05, 3.63) is 0 Å². The molecule has 3 atom stereocenters. The first kappa shape index (κ1) is 19.5. The molecule has 2 unspecified atom stereocenters. The second-order valence-electron chi connectivity index (χ2n) is 7.12. The van der Waals surface area contributed by atoms with Gasteiger partial charge in [-0.15, -0.1) is 0 Å². The van der Waals surface area contributed by atoms with Crippen LogP contribution in [0.2, 0.25) is 0 Å². The van der Waals surface area contributed by atoms with Gasteiger partial charge in [-0.3, -0.25) is 4.57 Å². The zero-order chi connectivity index (χ0) is 16.8. The van der Waals surface area contributed by atoms with Crippen LogP contribution in [0.4, 0.5) is 4.79 Å². The van der Waals surface area contributed by atoms with Gasteiger partial charge < -0.3 is 20.1 Å². The van der Waals surface area contributed by atoms with E-state index in [1.165, 1.54) is 6.42 Å². The van der Waals surface area contributed by atoms with Gasteiger partial charge in [-0.1, -0.05) is 19.3 Å². The standard InChI is InChI=1S/C15H30NO5P/c1-15(2,3)21-14(18)16-10-12(17)9-13(22(19)20)11-7-5-4-6-8-11/h11-13,17,22H,4-10H2,1-3H3,(H,16,18)(H,19,20)/t12-,13?/m1/s1. The monoisotopic (exact) mass is 335 g/mol. The van der Waals surface area contributed by atoms with Crippen molar-refractivity contribution in [3.63, 3.8) is 0 Å². The van der Waals surface area contributed by atoms with Gasteiger partial charge >= 0.3 is 6.09 Å². The van der Waals surface area contributed by atoms with Crippen molar-refractivity contribution in [2.24, 2.45) is 5.92 Å². The molecule has 1 aliphatic rings. The minimum atomic E-state index is -2.69. The molecule has 0 aromatic carbocycles. The number of rotatable bonds is 6. The third kappa shape index (κ3) is 7.61. The van der Waals surface area contributed by atoms with Crippen molar-refractivity contribution in [2.45, 2.75) is 76.7 Å².